The lowest BCUT2D eigenvalue weighted by atomic mass is 10.0. The Morgan fingerprint density at radius 2 is 2.00 bits per heavy atom. The Hall–Kier alpha value is -0.670. The molecule has 17 heavy (non-hydrogen) atoms. The zero-order valence-electron chi connectivity index (χ0n) is 11.0. The Morgan fingerprint density at radius 3 is 2.53 bits per heavy atom. The van der Waals surface area contributed by atoms with Crippen molar-refractivity contribution in [3.63, 3.8) is 0 Å². The van der Waals surface area contributed by atoms with Gasteiger partial charge in [0.25, 0.3) is 0 Å². The summed E-state index contributed by atoms with van der Waals surface area (Å²) in [7, 11) is 2.02. The van der Waals surface area contributed by atoms with Gasteiger partial charge in [-0.3, -0.25) is 0 Å². The number of nitrogens with one attached hydrogen (secondary N) is 1. The molecule has 0 aliphatic heterocycles. The van der Waals surface area contributed by atoms with E-state index in [1.54, 1.807) is 0 Å². The first-order chi connectivity index (χ1) is 8.31. The Balaban J connectivity index is 2.57. The molecule has 0 saturated carbocycles. The molecule has 0 aliphatic carbocycles. The van der Waals surface area contributed by atoms with Crippen LogP contribution in [0.2, 0.25) is 0 Å². The molecule has 1 atom stereocenters. The van der Waals surface area contributed by atoms with Gasteiger partial charge in [-0.15, -0.1) is 0 Å². The first kappa shape index (κ1) is 14.4. The largest absolute Gasteiger partial charge is 0.494 e. The molecule has 0 bridgehead atoms. The molecule has 0 fully saturated rings. The number of hydrogen-bond donors (Lipinski definition) is 1. The molecule has 0 spiro atoms. The van der Waals surface area contributed by atoms with Crippen LogP contribution in [0.1, 0.15) is 31.4 Å². The van der Waals surface area contributed by atoms with E-state index in [1.807, 2.05) is 18.8 Å². The van der Waals surface area contributed by atoms with E-state index in [2.05, 4.69) is 42.8 Å². The van der Waals surface area contributed by atoms with Crippen molar-refractivity contribution in [2.24, 2.45) is 0 Å². The smallest absolute Gasteiger partial charge is 0.119 e. The van der Waals surface area contributed by atoms with Gasteiger partial charge in [0.1, 0.15) is 5.75 Å². The predicted molar refractivity (Wildman–Crippen MR) is 77.0 cm³/mol. The molecule has 0 saturated heterocycles. The highest BCUT2D eigenvalue weighted by molar-refractivity contribution is 7.98. The van der Waals surface area contributed by atoms with Crippen molar-refractivity contribution in [1.29, 1.82) is 0 Å². The van der Waals surface area contributed by atoms with E-state index in [0.717, 1.165) is 25.2 Å². The molecule has 3 heteroatoms. The summed E-state index contributed by atoms with van der Waals surface area (Å²) in [5.74, 6) is 2.15. The van der Waals surface area contributed by atoms with Crippen molar-refractivity contribution < 1.29 is 4.74 Å². The number of rotatable bonds is 8. The minimum atomic E-state index is 0.447. The van der Waals surface area contributed by atoms with Crippen LogP contribution in [0.4, 0.5) is 0 Å². The molecule has 1 N–H and O–H groups in total. The minimum Gasteiger partial charge on any atom is -0.494 e. The van der Waals surface area contributed by atoms with Gasteiger partial charge in [0.2, 0.25) is 0 Å². The molecule has 0 aliphatic rings. The summed E-state index contributed by atoms with van der Waals surface area (Å²) in [5.41, 5.74) is 1.34. The highest BCUT2D eigenvalue weighted by Gasteiger charge is 2.08. The van der Waals surface area contributed by atoms with Crippen LogP contribution in [0.5, 0.6) is 5.75 Å². The van der Waals surface area contributed by atoms with E-state index in [9.17, 15) is 0 Å². The lowest BCUT2D eigenvalue weighted by Gasteiger charge is -2.16. The Kier molecular flexibility index (Phi) is 7.13. The molecule has 0 aromatic heterocycles. The first-order valence-electron chi connectivity index (χ1n) is 6.20. The zero-order valence-corrected chi connectivity index (χ0v) is 11.8. The third-order valence-corrected chi connectivity index (χ3v) is 3.36. The van der Waals surface area contributed by atoms with Gasteiger partial charge in [-0.25, -0.2) is 0 Å². The summed E-state index contributed by atoms with van der Waals surface area (Å²) in [6.45, 7) is 2.91. The van der Waals surface area contributed by atoms with Crippen molar-refractivity contribution >= 4 is 11.8 Å². The summed E-state index contributed by atoms with van der Waals surface area (Å²) in [6.07, 6.45) is 4.36. The van der Waals surface area contributed by atoms with Crippen LogP contribution in [0.15, 0.2) is 24.3 Å². The normalized spacial score (nSPS) is 12.4. The monoisotopic (exact) mass is 253 g/mol. The van der Waals surface area contributed by atoms with Crippen LogP contribution < -0.4 is 10.1 Å². The SMILES string of the molecule is CCCOc1ccc(C(CCSC)NC)cc1. The van der Waals surface area contributed by atoms with E-state index in [-0.39, 0.29) is 0 Å². The maximum absolute atomic E-state index is 5.58. The second kappa shape index (κ2) is 8.43. The summed E-state index contributed by atoms with van der Waals surface area (Å²) in [6, 6.07) is 8.89. The van der Waals surface area contributed by atoms with Gasteiger partial charge >= 0.3 is 0 Å². The van der Waals surface area contributed by atoms with Crippen LogP contribution in [0.25, 0.3) is 0 Å². The molecule has 1 aromatic rings. The first-order valence-corrected chi connectivity index (χ1v) is 7.60. The van der Waals surface area contributed by atoms with Crippen molar-refractivity contribution in [2.75, 3.05) is 25.7 Å². The van der Waals surface area contributed by atoms with Crippen molar-refractivity contribution in [2.45, 2.75) is 25.8 Å². The summed E-state index contributed by atoms with van der Waals surface area (Å²) in [4.78, 5) is 0. The molecular weight excluding hydrogens is 230 g/mol. The Morgan fingerprint density at radius 1 is 1.29 bits per heavy atom. The second-order valence-electron chi connectivity index (χ2n) is 4.04. The maximum atomic E-state index is 5.58. The maximum Gasteiger partial charge on any atom is 0.119 e. The standard InChI is InChI=1S/C14H23NOS/c1-4-10-16-13-7-5-12(6-8-13)14(15-2)9-11-17-3/h5-8,14-15H,4,9-11H2,1-3H3. The number of hydrogen-bond acceptors (Lipinski definition) is 3. The van der Waals surface area contributed by atoms with E-state index in [1.165, 1.54) is 11.3 Å². The van der Waals surface area contributed by atoms with Crippen LogP contribution in [-0.4, -0.2) is 25.7 Å². The Labute approximate surface area is 109 Å². The van der Waals surface area contributed by atoms with Crippen molar-refractivity contribution in [1.82, 2.24) is 5.32 Å². The summed E-state index contributed by atoms with van der Waals surface area (Å²) >= 11 is 1.89. The average molecular weight is 253 g/mol. The molecule has 0 radical (unpaired) electrons. The fraction of sp³-hybridized carbons (Fsp3) is 0.571. The van der Waals surface area contributed by atoms with Crippen molar-refractivity contribution in [3.05, 3.63) is 29.8 Å². The van der Waals surface area contributed by atoms with Gasteiger partial charge in [0.05, 0.1) is 6.61 Å². The lowest BCUT2D eigenvalue weighted by Crippen LogP contribution is -2.16. The number of benzene rings is 1. The van der Waals surface area contributed by atoms with Crippen LogP contribution in [0, 0.1) is 0 Å². The highest BCUT2D eigenvalue weighted by Crippen LogP contribution is 2.21. The summed E-state index contributed by atoms with van der Waals surface area (Å²) in [5, 5.41) is 3.36. The minimum absolute atomic E-state index is 0.447. The van der Waals surface area contributed by atoms with Gasteiger partial charge in [-0.1, -0.05) is 19.1 Å². The zero-order chi connectivity index (χ0) is 12.5. The lowest BCUT2D eigenvalue weighted by molar-refractivity contribution is 0.317. The number of ether oxygens (including phenoxy) is 1. The third kappa shape index (κ3) is 5.00. The highest BCUT2D eigenvalue weighted by atomic mass is 32.2. The van der Waals surface area contributed by atoms with Gasteiger partial charge in [-0.05, 0) is 49.6 Å². The fourth-order valence-corrected chi connectivity index (χ4v) is 2.20. The second-order valence-corrected chi connectivity index (χ2v) is 5.03. The topological polar surface area (TPSA) is 21.3 Å². The van der Waals surface area contributed by atoms with E-state index in [0.29, 0.717) is 6.04 Å². The van der Waals surface area contributed by atoms with Gasteiger partial charge in [0.15, 0.2) is 0 Å². The fourth-order valence-electron chi connectivity index (χ4n) is 1.73. The number of thioether (sulfide) groups is 1. The van der Waals surface area contributed by atoms with E-state index >= 15 is 0 Å². The molecule has 1 rings (SSSR count). The molecule has 0 amide bonds. The van der Waals surface area contributed by atoms with Crippen molar-refractivity contribution in [3.8, 4) is 5.75 Å². The Bertz CT molecular complexity index is 300. The van der Waals surface area contributed by atoms with Gasteiger partial charge in [-0.2, -0.15) is 11.8 Å². The van der Waals surface area contributed by atoms with E-state index < -0.39 is 0 Å². The molecule has 96 valence electrons. The van der Waals surface area contributed by atoms with Crippen LogP contribution in [0.3, 0.4) is 0 Å². The summed E-state index contributed by atoms with van der Waals surface area (Å²) < 4.78 is 5.58. The average Bonchev–Trinajstić information content (AvgIpc) is 2.38. The van der Waals surface area contributed by atoms with Gasteiger partial charge < -0.3 is 10.1 Å². The molecular formula is C14H23NOS. The predicted octanol–water partition coefficient (Wildman–Crippen LogP) is 3.49. The van der Waals surface area contributed by atoms with Gasteiger partial charge in [0, 0.05) is 6.04 Å². The molecule has 2 nitrogen and oxygen atoms in total. The molecule has 0 heterocycles. The van der Waals surface area contributed by atoms with Crippen LogP contribution >= 0.6 is 11.8 Å². The molecule has 1 aromatic carbocycles. The quantitative estimate of drug-likeness (QED) is 0.766. The van der Waals surface area contributed by atoms with Crippen LogP contribution in [-0.2, 0) is 0 Å². The third-order valence-electron chi connectivity index (χ3n) is 2.71. The van der Waals surface area contributed by atoms with E-state index in [4.69, 9.17) is 4.74 Å². The molecule has 1 unspecified atom stereocenters.